The summed E-state index contributed by atoms with van der Waals surface area (Å²) in [5.74, 6) is -1.01. The zero-order valence-electron chi connectivity index (χ0n) is 21.6. The molecule has 9 nitrogen and oxygen atoms in total. The molecule has 1 fully saturated rings. The number of fused-ring (bicyclic) bond motifs is 2. The molecule has 0 radical (unpaired) electrons. The number of nitrogens with zero attached hydrogens (tertiary/aromatic N) is 3. The summed E-state index contributed by atoms with van der Waals surface area (Å²) in [5.41, 5.74) is 1.12. The number of anilines is 2. The van der Waals surface area contributed by atoms with Gasteiger partial charge in [-0.25, -0.2) is 0 Å². The molecule has 0 unspecified atom stereocenters. The van der Waals surface area contributed by atoms with Crippen LogP contribution in [0.1, 0.15) is 35.0 Å². The second-order valence-corrected chi connectivity index (χ2v) is 14.3. The largest absolute Gasteiger partial charge is 0.396 e. The second-order valence-electron chi connectivity index (χ2n) is 10.5. The number of carbonyl (C=O) groups is 2. The van der Waals surface area contributed by atoms with Crippen molar-refractivity contribution in [2.45, 2.75) is 56.7 Å². The summed E-state index contributed by atoms with van der Waals surface area (Å²) in [7, 11) is -3.28. The molecule has 1 saturated heterocycles. The number of amides is 2. The van der Waals surface area contributed by atoms with E-state index in [9.17, 15) is 9.59 Å². The van der Waals surface area contributed by atoms with Gasteiger partial charge in [0, 0.05) is 59.7 Å². The number of aromatic nitrogens is 3. The minimum Gasteiger partial charge on any atom is -0.396 e. The number of carbonyl (C=O) groups excluding carboxylic acids is 2. The third kappa shape index (κ3) is 4.65. The SMILES string of the molecule is C[C@H]1[C@H]([Si](C)(C)F)[C@@H](CCn2cc(CCO)nn2)O[C@]12C(=O)Nc1ccc(NC(=O)c3ccccc3)cc12. The fraction of sp³-hybridized carbons (Fsp3) is 0.407. The van der Waals surface area contributed by atoms with Crippen molar-refractivity contribution in [3.8, 4) is 0 Å². The number of halogens is 1. The van der Waals surface area contributed by atoms with Gasteiger partial charge in [0.2, 0.25) is 8.41 Å². The Labute approximate surface area is 221 Å². The molecule has 200 valence electrons. The Balaban J connectivity index is 1.44. The predicted molar refractivity (Wildman–Crippen MR) is 143 cm³/mol. The Morgan fingerprint density at radius 2 is 2.03 bits per heavy atom. The lowest BCUT2D eigenvalue weighted by molar-refractivity contribution is -0.143. The summed E-state index contributed by atoms with van der Waals surface area (Å²) in [6.45, 7) is 5.62. The Hall–Kier alpha value is -3.41. The van der Waals surface area contributed by atoms with Crippen molar-refractivity contribution in [1.29, 1.82) is 0 Å². The fourth-order valence-corrected chi connectivity index (χ4v) is 8.49. The number of nitrogens with one attached hydrogen (secondary N) is 2. The van der Waals surface area contributed by atoms with Gasteiger partial charge in [-0.05, 0) is 49.8 Å². The van der Waals surface area contributed by atoms with Crippen LogP contribution in [0, 0.1) is 5.92 Å². The van der Waals surface area contributed by atoms with Crippen LogP contribution in [0.4, 0.5) is 15.5 Å². The van der Waals surface area contributed by atoms with Crippen molar-refractivity contribution in [2.24, 2.45) is 5.92 Å². The summed E-state index contributed by atoms with van der Waals surface area (Å²) in [6, 6.07) is 14.1. The molecule has 2 amide bonds. The number of hydrogen-bond donors (Lipinski definition) is 3. The summed E-state index contributed by atoms with van der Waals surface area (Å²) >= 11 is 0. The molecule has 2 aliphatic heterocycles. The second kappa shape index (κ2) is 10.0. The van der Waals surface area contributed by atoms with Crippen molar-refractivity contribution < 1.29 is 23.5 Å². The molecule has 2 aromatic carbocycles. The lowest BCUT2D eigenvalue weighted by Crippen LogP contribution is -2.42. The number of hydrogen-bond acceptors (Lipinski definition) is 6. The van der Waals surface area contributed by atoms with E-state index in [1.165, 1.54) is 0 Å². The maximum absolute atomic E-state index is 15.8. The van der Waals surface area contributed by atoms with Gasteiger partial charge in [-0.2, -0.15) is 0 Å². The van der Waals surface area contributed by atoms with Crippen molar-refractivity contribution in [2.75, 3.05) is 17.2 Å². The maximum atomic E-state index is 15.8. The first-order chi connectivity index (χ1) is 18.1. The molecular formula is C27H32FN5O4Si. The Bertz CT molecular complexity index is 1340. The van der Waals surface area contributed by atoms with E-state index in [0.717, 1.165) is 0 Å². The molecule has 1 aromatic heterocycles. The van der Waals surface area contributed by atoms with E-state index in [-0.39, 0.29) is 18.4 Å². The van der Waals surface area contributed by atoms with E-state index in [2.05, 4.69) is 20.9 Å². The average molecular weight is 538 g/mol. The molecule has 2 aliphatic rings. The van der Waals surface area contributed by atoms with E-state index in [1.54, 1.807) is 66.4 Å². The summed E-state index contributed by atoms with van der Waals surface area (Å²) in [5, 5.41) is 23.1. The zero-order chi connectivity index (χ0) is 27.1. The zero-order valence-corrected chi connectivity index (χ0v) is 22.6. The van der Waals surface area contributed by atoms with Crippen LogP contribution in [0.15, 0.2) is 54.7 Å². The van der Waals surface area contributed by atoms with Gasteiger partial charge in [0.15, 0.2) is 5.60 Å². The van der Waals surface area contributed by atoms with Crippen molar-refractivity contribution >= 4 is 31.6 Å². The van der Waals surface area contributed by atoms with Crippen LogP contribution in [0.3, 0.4) is 0 Å². The number of aliphatic hydroxyl groups excluding tert-OH is 1. The van der Waals surface area contributed by atoms with Gasteiger partial charge in [-0.1, -0.05) is 30.3 Å². The Morgan fingerprint density at radius 1 is 1.26 bits per heavy atom. The van der Waals surface area contributed by atoms with Gasteiger partial charge in [-0.3, -0.25) is 14.3 Å². The standard InChI is InChI=1S/C27H32FN5O4Si/c1-17-24(38(2,3)28)23(11-13-33-16-20(12-14-34)31-32-33)37-27(17)21-15-19(9-10-22(21)30-26(27)36)29-25(35)18-7-5-4-6-8-18/h4-10,15-17,23-24,34H,11-14H2,1-3H3,(H,29,35)(H,30,36)/t17-,23+,24-,27+/m0/s1. The molecule has 3 heterocycles. The highest BCUT2D eigenvalue weighted by Gasteiger charge is 2.65. The van der Waals surface area contributed by atoms with Crippen LogP contribution in [-0.4, -0.2) is 53.0 Å². The molecule has 0 aliphatic carbocycles. The topological polar surface area (TPSA) is 118 Å². The van der Waals surface area contributed by atoms with Crippen LogP contribution in [0.5, 0.6) is 0 Å². The fourth-order valence-electron chi connectivity index (χ4n) is 5.94. The molecular weight excluding hydrogens is 505 g/mol. The third-order valence-corrected chi connectivity index (χ3v) is 10.1. The first kappa shape index (κ1) is 26.2. The molecule has 0 saturated carbocycles. The van der Waals surface area contributed by atoms with Crippen LogP contribution >= 0.6 is 0 Å². The first-order valence-electron chi connectivity index (χ1n) is 12.8. The lowest BCUT2D eigenvalue weighted by atomic mass is 9.82. The highest BCUT2D eigenvalue weighted by atomic mass is 28.4. The minimum absolute atomic E-state index is 0.0174. The number of aryl methyl sites for hydroxylation is 1. The predicted octanol–water partition coefficient (Wildman–Crippen LogP) is 3.88. The van der Waals surface area contributed by atoms with Gasteiger partial charge < -0.3 is 24.6 Å². The van der Waals surface area contributed by atoms with E-state index in [0.29, 0.717) is 47.6 Å². The molecule has 3 N–H and O–H groups in total. The maximum Gasteiger partial charge on any atom is 0.261 e. The molecule has 11 heteroatoms. The first-order valence-corrected chi connectivity index (χ1v) is 15.8. The van der Waals surface area contributed by atoms with E-state index < -0.39 is 31.6 Å². The lowest BCUT2D eigenvalue weighted by Gasteiger charge is -2.30. The molecule has 0 bridgehead atoms. The molecule has 3 aromatic rings. The van der Waals surface area contributed by atoms with E-state index >= 15 is 4.11 Å². The molecule has 38 heavy (non-hydrogen) atoms. The van der Waals surface area contributed by atoms with Crippen LogP contribution in [0.25, 0.3) is 0 Å². The summed E-state index contributed by atoms with van der Waals surface area (Å²) in [4.78, 5) is 26.3. The van der Waals surface area contributed by atoms with E-state index in [1.807, 2.05) is 13.0 Å². The van der Waals surface area contributed by atoms with Gasteiger partial charge in [0.25, 0.3) is 11.8 Å². The minimum atomic E-state index is -3.28. The van der Waals surface area contributed by atoms with Crippen LogP contribution in [-0.2, 0) is 28.1 Å². The summed E-state index contributed by atoms with van der Waals surface area (Å²) in [6.07, 6.45) is 2.11. The number of aliphatic hydroxyl groups is 1. The van der Waals surface area contributed by atoms with Crippen LogP contribution < -0.4 is 10.6 Å². The van der Waals surface area contributed by atoms with Gasteiger partial charge in [-0.15, -0.1) is 5.10 Å². The quantitative estimate of drug-likeness (QED) is 0.296. The number of ether oxygens (including phenoxy) is 1. The summed E-state index contributed by atoms with van der Waals surface area (Å²) < 4.78 is 24.1. The number of benzene rings is 2. The number of rotatable bonds is 8. The molecule has 1 spiro atoms. The molecule has 4 atom stereocenters. The van der Waals surface area contributed by atoms with Gasteiger partial charge >= 0.3 is 0 Å². The normalized spacial score (nSPS) is 24.4. The molecule has 5 rings (SSSR count). The Kier molecular flexibility index (Phi) is 6.93. The highest BCUT2D eigenvalue weighted by molar-refractivity contribution is 6.72. The van der Waals surface area contributed by atoms with Gasteiger partial charge in [0.1, 0.15) is 0 Å². The highest BCUT2D eigenvalue weighted by Crippen LogP contribution is 2.59. The van der Waals surface area contributed by atoms with Gasteiger partial charge in [0.05, 0.1) is 11.8 Å². The van der Waals surface area contributed by atoms with Crippen LogP contribution in [0.2, 0.25) is 18.6 Å². The smallest absolute Gasteiger partial charge is 0.261 e. The van der Waals surface area contributed by atoms with E-state index in [4.69, 9.17) is 9.84 Å². The third-order valence-electron chi connectivity index (χ3n) is 7.61. The van der Waals surface area contributed by atoms with Crippen molar-refractivity contribution in [3.63, 3.8) is 0 Å². The average Bonchev–Trinajstić information content (AvgIpc) is 3.53. The monoisotopic (exact) mass is 537 g/mol. The van der Waals surface area contributed by atoms with Crippen molar-refractivity contribution in [3.05, 3.63) is 71.5 Å². The Morgan fingerprint density at radius 3 is 2.74 bits per heavy atom. The van der Waals surface area contributed by atoms with Crippen molar-refractivity contribution in [1.82, 2.24) is 15.0 Å².